The van der Waals surface area contributed by atoms with Crippen molar-refractivity contribution in [1.82, 2.24) is 14.4 Å². The number of hydrogen-bond acceptors (Lipinski definition) is 4. The fraction of sp³-hybridized carbons (Fsp3) is 0.350. The third-order valence-electron chi connectivity index (χ3n) is 5.11. The summed E-state index contributed by atoms with van der Waals surface area (Å²) in [5, 5.41) is 2.08. The van der Waals surface area contributed by atoms with Gasteiger partial charge < -0.3 is 19.1 Å². The van der Waals surface area contributed by atoms with E-state index in [2.05, 4.69) is 43.9 Å². The van der Waals surface area contributed by atoms with E-state index in [1.54, 1.807) is 18.4 Å². The highest BCUT2D eigenvalue weighted by Gasteiger charge is 2.26. The summed E-state index contributed by atoms with van der Waals surface area (Å²) in [5.74, 6) is 0.942. The molecular weight excluding hydrogens is 426 g/mol. The molecule has 27 heavy (non-hydrogen) atoms. The van der Waals surface area contributed by atoms with Crippen LogP contribution in [0, 0.1) is 0 Å². The van der Waals surface area contributed by atoms with Crippen molar-refractivity contribution in [3.63, 3.8) is 0 Å². The van der Waals surface area contributed by atoms with Crippen LogP contribution in [-0.4, -0.2) is 60.6 Å². The van der Waals surface area contributed by atoms with Gasteiger partial charge in [-0.1, -0.05) is 18.2 Å². The molecule has 0 aliphatic carbocycles. The SMILES string of the molecule is COc1ccccc1Cn1c(C(=O)N2CCN(C)CC2)cc2scc(Br)c21. The molecule has 0 N–H and O–H groups in total. The average molecular weight is 448 g/mol. The number of methoxy groups -OCH3 is 1. The number of aromatic nitrogens is 1. The van der Waals surface area contributed by atoms with Gasteiger partial charge in [-0.2, -0.15) is 0 Å². The molecular formula is C20H22BrN3O2S. The summed E-state index contributed by atoms with van der Waals surface area (Å²) in [6.45, 7) is 3.96. The van der Waals surface area contributed by atoms with E-state index in [1.807, 2.05) is 29.2 Å². The van der Waals surface area contributed by atoms with Crippen molar-refractivity contribution in [2.24, 2.45) is 0 Å². The van der Waals surface area contributed by atoms with E-state index in [0.29, 0.717) is 6.54 Å². The van der Waals surface area contributed by atoms with E-state index in [0.717, 1.165) is 57.9 Å². The molecule has 0 bridgehead atoms. The number of thiophene rings is 1. The van der Waals surface area contributed by atoms with Crippen molar-refractivity contribution in [2.75, 3.05) is 40.3 Å². The summed E-state index contributed by atoms with van der Waals surface area (Å²) in [6, 6.07) is 10.0. The van der Waals surface area contributed by atoms with E-state index >= 15 is 0 Å². The molecule has 7 heteroatoms. The normalized spacial score (nSPS) is 15.4. The first-order valence-corrected chi connectivity index (χ1v) is 10.6. The molecule has 3 heterocycles. The number of carbonyl (C=O) groups is 1. The molecule has 1 amide bonds. The predicted molar refractivity (Wildman–Crippen MR) is 113 cm³/mol. The van der Waals surface area contributed by atoms with Crippen molar-refractivity contribution in [1.29, 1.82) is 0 Å². The number of ether oxygens (including phenoxy) is 1. The summed E-state index contributed by atoms with van der Waals surface area (Å²) in [7, 11) is 3.78. The second-order valence-corrected chi connectivity index (χ2v) is 8.59. The second kappa shape index (κ2) is 7.66. The third-order valence-corrected chi connectivity index (χ3v) is 6.93. The summed E-state index contributed by atoms with van der Waals surface area (Å²) in [5.41, 5.74) is 2.87. The van der Waals surface area contributed by atoms with E-state index in [4.69, 9.17) is 4.74 Å². The van der Waals surface area contributed by atoms with Gasteiger partial charge in [0.05, 0.1) is 28.3 Å². The van der Waals surface area contributed by atoms with Gasteiger partial charge in [-0.15, -0.1) is 11.3 Å². The van der Waals surface area contributed by atoms with Crippen LogP contribution in [0.1, 0.15) is 16.1 Å². The number of amides is 1. The Balaban J connectivity index is 1.75. The van der Waals surface area contributed by atoms with Gasteiger partial charge in [0.25, 0.3) is 5.91 Å². The van der Waals surface area contributed by atoms with Gasteiger partial charge in [0.2, 0.25) is 0 Å². The first-order chi connectivity index (χ1) is 13.1. The van der Waals surface area contributed by atoms with Crippen LogP contribution in [0.3, 0.4) is 0 Å². The Morgan fingerprint density at radius 2 is 1.96 bits per heavy atom. The van der Waals surface area contributed by atoms with Crippen LogP contribution in [0.25, 0.3) is 10.2 Å². The number of piperazine rings is 1. The van der Waals surface area contributed by atoms with Crippen LogP contribution in [-0.2, 0) is 6.54 Å². The highest BCUT2D eigenvalue weighted by Crippen LogP contribution is 2.35. The van der Waals surface area contributed by atoms with Gasteiger partial charge >= 0.3 is 0 Å². The number of nitrogens with zero attached hydrogens (tertiary/aromatic N) is 3. The molecule has 1 aromatic carbocycles. The minimum Gasteiger partial charge on any atom is -0.496 e. The topological polar surface area (TPSA) is 37.7 Å². The monoisotopic (exact) mass is 447 g/mol. The Kier molecular flexibility index (Phi) is 5.25. The largest absolute Gasteiger partial charge is 0.496 e. The maximum absolute atomic E-state index is 13.3. The molecule has 0 spiro atoms. The molecule has 5 nitrogen and oxygen atoms in total. The van der Waals surface area contributed by atoms with Gasteiger partial charge in [0, 0.05) is 37.1 Å². The highest BCUT2D eigenvalue weighted by molar-refractivity contribution is 9.10. The Morgan fingerprint density at radius 1 is 1.22 bits per heavy atom. The molecule has 142 valence electrons. The first-order valence-electron chi connectivity index (χ1n) is 8.94. The van der Waals surface area contributed by atoms with Gasteiger partial charge in [0.15, 0.2) is 0 Å². The lowest BCUT2D eigenvalue weighted by molar-refractivity contribution is 0.0654. The van der Waals surface area contributed by atoms with Gasteiger partial charge in [-0.25, -0.2) is 0 Å². The van der Waals surface area contributed by atoms with Crippen LogP contribution in [0.4, 0.5) is 0 Å². The molecule has 1 fully saturated rings. The summed E-state index contributed by atoms with van der Waals surface area (Å²) in [4.78, 5) is 17.5. The molecule has 1 aliphatic heterocycles. The molecule has 0 saturated carbocycles. The fourth-order valence-electron chi connectivity index (χ4n) is 3.55. The maximum Gasteiger partial charge on any atom is 0.270 e. The number of rotatable bonds is 4. The third kappa shape index (κ3) is 3.51. The molecule has 1 saturated heterocycles. The summed E-state index contributed by atoms with van der Waals surface area (Å²) < 4.78 is 9.79. The van der Waals surface area contributed by atoms with Crippen LogP contribution < -0.4 is 4.74 Å². The second-order valence-electron chi connectivity index (χ2n) is 6.82. The van der Waals surface area contributed by atoms with Crippen LogP contribution in [0.15, 0.2) is 40.2 Å². The zero-order valence-electron chi connectivity index (χ0n) is 15.4. The minimum atomic E-state index is 0.105. The van der Waals surface area contributed by atoms with E-state index in [9.17, 15) is 4.79 Å². The molecule has 0 atom stereocenters. The number of fused-ring (bicyclic) bond motifs is 1. The molecule has 3 aromatic rings. The van der Waals surface area contributed by atoms with Gasteiger partial charge in [0.1, 0.15) is 11.4 Å². The Bertz CT molecular complexity index is 973. The minimum absolute atomic E-state index is 0.105. The lowest BCUT2D eigenvalue weighted by Crippen LogP contribution is -2.47. The standard InChI is InChI=1S/C20H22BrN3O2S/c1-22-7-9-23(10-8-22)20(25)16-11-18-19(15(21)13-27-18)24(16)12-14-5-3-4-6-17(14)26-2/h3-6,11,13H,7-10,12H2,1-2H3. The quantitative estimate of drug-likeness (QED) is 0.608. The van der Waals surface area contributed by atoms with Crippen molar-refractivity contribution < 1.29 is 9.53 Å². The van der Waals surface area contributed by atoms with Gasteiger partial charge in [-0.05, 0) is 35.1 Å². The Hall–Kier alpha value is -1.83. The first kappa shape index (κ1) is 18.5. The van der Waals surface area contributed by atoms with Gasteiger partial charge in [-0.3, -0.25) is 4.79 Å². The lowest BCUT2D eigenvalue weighted by atomic mass is 10.2. The zero-order chi connectivity index (χ0) is 19.0. The maximum atomic E-state index is 13.3. The van der Waals surface area contributed by atoms with Crippen molar-refractivity contribution in [2.45, 2.75) is 6.54 Å². The average Bonchev–Trinajstić information content (AvgIpc) is 3.22. The number of carbonyl (C=O) groups excluding carboxylic acids is 1. The summed E-state index contributed by atoms with van der Waals surface area (Å²) >= 11 is 5.32. The van der Waals surface area contributed by atoms with Crippen LogP contribution in [0.5, 0.6) is 5.75 Å². The van der Waals surface area contributed by atoms with E-state index < -0.39 is 0 Å². The van der Waals surface area contributed by atoms with Crippen molar-refractivity contribution in [3.8, 4) is 5.75 Å². The number of hydrogen-bond donors (Lipinski definition) is 0. The van der Waals surface area contributed by atoms with Crippen LogP contribution in [0.2, 0.25) is 0 Å². The van der Waals surface area contributed by atoms with Crippen molar-refractivity contribution in [3.05, 3.63) is 51.4 Å². The summed E-state index contributed by atoms with van der Waals surface area (Å²) in [6.07, 6.45) is 0. The molecule has 0 unspecified atom stereocenters. The fourth-order valence-corrected chi connectivity index (χ4v) is 5.24. The van der Waals surface area contributed by atoms with E-state index in [-0.39, 0.29) is 5.91 Å². The smallest absolute Gasteiger partial charge is 0.270 e. The number of benzene rings is 1. The number of halogens is 1. The Labute approximate surface area is 171 Å². The molecule has 1 aliphatic rings. The van der Waals surface area contributed by atoms with Crippen LogP contribution >= 0.6 is 27.3 Å². The lowest BCUT2D eigenvalue weighted by Gasteiger charge is -2.32. The highest BCUT2D eigenvalue weighted by atomic mass is 79.9. The number of likely N-dealkylation sites (N-methyl/N-ethyl adjacent to an activating group) is 1. The molecule has 0 radical (unpaired) electrons. The molecule has 2 aromatic heterocycles. The molecule has 4 rings (SSSR count). The number of para-hydroxylation sites is 1. The van der Waals surface area contributed by atoms with E-state index in [1.165, 1.54) is 0 Å². The Morgan fingerprint density at radius 3 is 2.70 bits per heavy atom. The predicted octanol–water partition coefficient (Wildman–Crippen LogP) is 3.91. The van der Waals surface area contributed by atoms with Crippen molar-refractivity contribution >= 4 is 43.4 Å². The zero-order valence-corrected chi connectivity index (χ0v) is 17.8.